The van der Waals surface area contributed by atoms with Gasteiger partial charge in [0.25, 0.3) is 5.69 Å². The van der Waals surface area contributed by atoms with E-state index < -0.39 is 4.92 Å². The molecule has 2 aromatic carbocycles. The third-order valence-electron chi connectivity index (χ3n) is 3.22. The molecule has 0 unspecified atom stereocenters. The Balaban J connectivity index is 2.03. The first-order valence-electron chi connectivity index (χ1n) is 7.04. The van der Waals surface area contributed by atoms with Crippen molar-refractivity contribution in [3.63, 3.8) is 0 Å². The zero-order chi connectivity index (χ0) is 17.5. The molecule has 0 atom stereocenters. The fraction of sp³-hybridized carbons (Fsp3) is 0.188. The summed E-state index contributed by atoms with van der Waals surface area (Å²) < 4.78 is 5.09. The predicted molar refractivity (Wildman–Crippen MR) is 95.0 cm³/mol. The van der Waals surface area contributed by atoms with Gasteiger partial charge in [0.15, 0.2) is 0 Å². The molecule has 0 aliphatic rings. The monoisotopic (exact) mass is 347 g/mol. The molecule has 0 aromatic heterocycles. The number of thioether (sulfide) groups is 1. The number of carbonyl (C=O) groups excluding carboxylic acids is 1. The molecule has 2 N–H and O–H groups in total. The van der Waals surface area contributed by atoms with Gasteiger partial charge in [0.2, 0.25) is 5.91 Å². The highest BCUT2D eigenvalue weighted by Gasteiger charge is 2.13. The third kappa shape index (κ3) is 4.39. The second kappa shape index (κ2) is 8.21. The summed E-state index contributed by atoms with van der Waals surface area (Å²) in [5.41, 5.74) is 1.15. The summed E-state index contributed by atoms with van der Waals surface area (Å²) in [5, 5.41) is 16.5. The zero-order valence-corrected chi connectivity index (χ0v) is 14.1. The molecule has 0 aliphatic heterocycles. The number of nitrogens with one attached hydrogen (secondary N) is 2. The van der Waals surface area contributed by atoms with Crippen LogP contribution < -0.4 is 15.4 Å². The largest absolute Gasteiger partial charge is 0.494 e. The molecular formula is C16H17N3O4S. The Labute approximate surface area is 143 Å². The van der Waals surface area contributed by atoms with Gasteiger partial charge in [-0.05, 0) is 24.5 Å². The number of benzene rings is 2. The highest BCUT2D eigenvalue weighted by molar-refractivity contribution is 7.98. The van der Waals surface area contributed by atoms with Crippen molar-refractivity contribution in [2.24, 2.45) is 0 Å². The summed E-state index contributed by atoms with van der Waals surface area (Å²) in [6.45, 7) is 0.0672. The van der Waals surface area contributed by atoms with E-state index in [-0.39, 0.29) is 23.9 Å². The number of carbonyl (C=O) groups is 1. The van der Waals surface area contributed by atoms with Crippen molar-refractivity contribution in [1.29, 1.82) is 0 Å². The Morgan fingerprint density at radius 2 is 2.00 bits per heavy atom. The SMILES string of the molecule is COc1cc([N+](=O)[O-])ccc1NC(=O)CNc1ccccc1SC. The second-order valence-corrected chi connectivity index (χ2v) is 5.59. The number of nitro groups is 1. The van der Waals surface area contributed by atoms with Crippen LogP contribution in [-0.4, -0.2) is 30.7 Å². The lowest BCUT2D eigenvalue weighted by atomic mass is 10.2. The van der Waals surface area contributed by atoms with E-state index in [4.69, 9.17) is 4.74 Å². The quantitative estimate of drug-likeness (QED) is 0.453. The van der Waals surface area contributed by atoms with Crippen LogP contribution in [0.15, 0.2) is 47.4 Å². The molecule has 7 nitrogen and oxygen atoms in total. The van der Waals surface area contributed by atoms with Gasteiger partial charge in [-0.3, -0.25) is 14.9 Å². The maximum atomic E-state index is 12.1. The maximum Gasteiger partial charge on any atom is 0.273 e. The number of hydrogen-bond acceptors (Lipinski definition) is 6. The van der Waals surface area contributed by atoms with Crippen LogP contribution in [0.3, 0.4) is 0 Å². The van der Waals surface area contributed by atoms with Gasteiger partial charge in [-0.15, -0.1) is 11.8 Å². The van der Waals surface area contributed by atoms with E-state index >= 15 is 0 Å². The molecule has 0 saturated heterocycles. The first kappa shape index (κ1) is 17.6. The normalized spacial score (nSPS) is 10.1. The van der Waals surface area contributed by atoms with Crippen LogP contribution in [-0.2, 0) is 4.79 Å². The van der Waals surface area contributed by atoms with E-state index in [1.165, 1.54) is 25.3 Å². The molecular weight excluding hydrogens is 330 g/mol. The van der Waals surface area contributed by atoms with Crippen molar-refractivity contribution in [3.05, 3.63) is 52.6 Å². The van der Waals surface area contributed by atoms with Gasteiger partial charge in [-0.2, -0.15) is 0 Å². The summed E-state index contributed by atoms with van der Waals surface area (Å²) in [5.74, 6) is -0.0416. The Morgan fingerprint density at radius 1 is 1.25 bits per heavy atom. The van der Waals surface area contributed by atoms with E-state index in [0.29, 0.717) is 5.69 Å². The van der Waals surface area contributed by atoms with Crippen molar-refractivity contribution in [2.45, 2.75) is 4.90 Å². The van der Waals surface area contributed by atoms with Crippen LogP contribution >= 0.6 is 11.8 Å². The van der Waals surface area contributed by atoms with E-state index in [0.717, 1.165) is 10.6 Å². The van der Waals surface area contributed by atoms with Gasteiger partial charge < -0.3 is 15.4 Å². The number of amides is 1. The Bertz CT molecular complexity index is 752. The van der Waals surface area contributed by atoms with Gasteiger partial charge in [0.1, 0.15) is 5.75 Å². The molecule has 24 heavy (non-hydrogen) atoms. The number of nitro benzene ring substituents is 1. The van der Waals surface area contributed by atoms with Crippen LogP contribution in [0.5, 0.6) is 5.75 Å². The van der Waals surface area contributed by atoms with Crippen LogP contribution in [0.2, 0.25) is 0 Å². The molecule has 0 saturated carbocycles. The smallest absolute Gasteiger partial charge is 0.273 e. The minimum atomic E-state index is -0.519. The summed E-state index contributed by atoms with van der Waals surface area (Å²) in [4.78, 5) is 23.4. The van der Waals surface area contributed by atoms with E-state index in [1.54, 1.807) is 11.8 Å². The molecule has 0 aliphatic carbocycles. The summed E-state index contributed by atoms with van der Waals surface area (Å²) in [6.07, 6.45) is 1.96. The lowest BCUT2D eigenvalue weighted by molar-refractivity contribution is -0.384. The predicted octanol–water partition coefficient (Wildman–Crippen LogP) is 3.38. The van der Waals surface area contributed by atoms with Crippen LogP contribution in [0.4, 0.5) is 17.1 Å². The number of non-ortho nitro benzene ring substituents is 1. The zero-order valence-electron chi connectivity index (χ0n) is 13.2. The average Bonchev–Trinajstić information content (AvgIpc) is 2.60. The number of nitrogens with zero attached hydrogens (tertiary/aromatic N) is 1. The number of methoxy groups -OCH3 is 1. The van der Waals surface area contributed by atoms with Crippen molar-refractivity contribution in [2.75, 3.05) is 30.5 Å². The summed E-state index contributed by atoms with van der Waals surface area (Å²) in [7, 11) is 1.39. The number of anilines is 2. The molecule has 0 bridgehead atoms. The summed E-state index contributed by atoms with van der Waals surface area (Å²) in [6, 6.07) is 11.7. The average molecular weight is 347 g/mol. The number of rotatable bonds is 7. The van der Waals surface area contributed by atoms with Crippen LogP contribution in [0.25, 0.3) is 0 Å². The molecule has 8 heteroatoms. The first-order chi connectivity index (χ1) is 11.5. The van der Waals surface area contributed by atoms with Crippen LogP contribution in [0.1, 0.15) is 0 Å². The van der Waals surface area contributed by atoms with Gasteiger partial charge in [-0.1, -0.05) is 12.1 Å². The topological polar surface area (TPSA) is 93.5 Å². The fourth-order valence-corrected chi connectivity index (χ4v) is 2.63. The highest BCUT2D eigenvalue weighted by atomic mass is 32.2. The van der Waals surface area contributed by atoms with Gasteiger partial charge in [0, 0.05) is 16.6 Å². The number of para-hydroxylation sites is 1. The van der Waals surface area contributed by atoms with E-state index in [9.17, 15) is 14.9 Å². The van der Waals surface area contributed by atoms with Crippen LogP contribution in [0, 0.1) is 10.1 Å². The Kier molecular flexibility index (Phi) is 6.02. The number of ether oxygens (including phenoxy) is 1. The molecule has 126 valence electrons. The number of hydrogen-bond donors (Lipinski definition) is 2. The molecule has 0 fully saturated rings. The van der Waals surface area contributed by atoms with Gasteiger partial charge in [0.05, 0.1) is 30.3 Å². The minimum absolute atomic E-state index is 0.0672. The van der Waals surface area contributed by atoms with E-state index in [2.05, 4.69) is 10.6 Å². The Hall–Kier alpha value is -2.74. The molecule has 0 radical (unpaired) electrons. The minimum Gasteiger partial charge on any atom is -0.494 e. The van der Waals surface area contributed by atoms with E-state index in [1.807, 2.05) is 30.5 Å². The van der Waals surface area contributed by atoms with Crippen molar-refractivity contribution >= 4 is 34.7 Å². The molecule has 2 rings (SSSR count). The van der Waals surface area contributed by atoms with Gasteiger partial charge in [-0.25, -0.2) is 0 Å². The molecule has 2 aromatic rings. The molecule has 0 spiro atoms. The van der Waals surface area contributed by atoms with Crippen molar-refractivity contribution in [1.82, 2.24) is 0 Å². The third-order valence-corrected chi connectivity index (χ3v) is 4.01. The van der Waals surface area contributed by atoms with Crippen molar-refractivity contribution < 1.29 is 14.5 Å². The second-order valence-electron chi connectivity index (χ2n) is 4.74. The molecule has 1 amide bonds. The first-order valence-corrected chi connectivity index (χ1v) is 8.26. The van der Waals surface area contributed by atoms with Gasteiger partial charge >= 0.3 is 0 Å². The summed E-state index contributed by atoms with van der Waals surface area (Å²) >= 11 is 1.58. The lowest BCUT2D eigenvalue weighted by Gasteiger charge is -2.12. The molecule has 0 heterocycles. The lowest BCUT2D eigenvalue weighted by Crippen LogP contribution is -2.22. The van der Waals surface area contributed by atoms with Crippen molar-refractivity contribution in [3.8, 4) is 5.75 Å². The fourth-order valence-electron chi connectivity index (χ4n) is 2.06. The Morgan fingerprint density at radius 3 is 2.67 bits per heavy atom. The highest BCUT2D eigenvalue weighted by Crippen LogP contribution is 2.29. The maximum absolute atomic E-state index is 12.1. The standard InChI is InChI=1S/C16H17N3O4S/c1-23-14-9-11(19(21)22)7-8-12(14)18-16(20)10-17-13-5-3-4-6-15(13)24-2/h3-9,17H,10H2,1-2H3,(H,18,20).